The lowest BCUT2D eigenvalue weighted by molar-refractivity contribution is 0.333. The number of nitrogens with one attached hydrogen (secondary N) is 1. The number of anilines is 2. The van der Waals surface area contributed by atoms with E-state index < -0.39 is 0 Å². The van der Waals surface area contributed by atoms with Gasteiger partial charge in [-0.3, -0.25) is 0 Å². The Bertz CT molecular complexity index is 321. The molecule has 0 atom stereocenters. The van der Waals surface area contributed by atoms with Crippen LogP contribution in [0, 0.1) is 5.92 Å². The van der Waals surface area contributed by atoms with Crippen LogP contribution in [0.4, 0.5) is 11.4 Å². The second kappa shape index (κ2) is 4.09. The van der Waals surface area contributed by atoms with Crippen molar-refractivity contribution in [2.24, 2.45) is 5.92 Å². The molecule has 0 heterocycles. The van der Waals surface area contributed by atoms with Crippen molar-refractivity contribution in [3.63, 3.8) is 0 Å². The van der Waals surface area contributed by atoms with Gasteiger partial charge in [-0.15, -0.1) is 0 Å². The summed E-state index contributed by atoms with van der Waals surface area (Å²) in [6.07, 6.45) is 4.05. The van der Waals surface area contributed by atoms with Crippen molar-refractivity contribution < 1.29 is 0 Å². The van der Waals surface area contributed by atoms with Crippen LogP contribution in [-0.2, 0) is 0 Å². The van der Waals surface area contributed by atoms with E-state index in [-0.39, 0.29) is 0 Å². The summed E-state index contributed by atoms with van der Waals surface area (Å²) in [6.45, 7) is 1.02. The van der Waals surface area contributed by atoms with Gasteiger partial charge in [-0.05, 0) is 37.0 Å². The number of hydrogen-bond acceptors (Lipinski definition) is 2. The molecule has 0 amide bonds. The highest BCUT2D eigenvalue weighted by atomic mass is 35.5. The van der Waals surface area contributed by atoms with Crippen LogP contribution in [0.2, 0.25) is 5.02 Å². The lowest BCUT2D eigenvalue weighted by Crippen LogP contribution is -2.21. The van der Waals surface area contributed by atoms with Gasteiger partial charge in [0, 0.05) is 11.6 Å². The second-order valence-electron chi connectivity index (χ2n) is 3.91. The van der Waals surface area contributed by atoms with Crippen molar-refractivity contribution in [1.82, 2.24) is 0 Å². The van der Waals surface area contributed by atoms with Crippen LogP contribution in [-0.4, -0.2) is 6.54 Å². The van der Waals surface area contributed by atoms with Gasteiger partial charge in [0.15, 0.2) is 0 Å². The Morgan fingerprint density at radius 1 is 1.43 bits per heavy atom. The van der Waals surface area contributed by atoms with Crippen molar-refractivity contribution in [3.8, 4) is 0 Å². The quantitative estimate of drug-likeness (QED) is 0.753. The summed E-state index contributed by atoms with van der Waals surface area (Å²) < 4.78 is 0. The number of nitrogen functional groups attached to an aromatic ring is 1. The Labute approximate surface area is 89.4 Å². The van der Waals surface area contributed by atoms with Crippen LogP contribution in [0.15, 0.2) is 18.2 Å². The highest BCUT2D eigenvalue weighted by Gasteiger charge is 2.16. The van der Waals surface area contributed by atoms with Gasteiger partial charge in [-0.25, -0.2) is 0 Å². The number of rotatable bonds is 3. The first-order valence-corrected chi connectivity index (χ1v) is 5.42. The molecule has 76 valence electrons. The summed E-state index contributed by atoms with van der Waals surface area (Å²) >= 11 is 5.88. The smallest absolute Gasteiger partial charge is 0.0588 e. The molecule has 1 aromatic rings. The number of hydrogen-bond donors (Lipinski definition) is 2. The van der Waals surface area contributed by atoms with E-state index in [4.69, 9.17) is 17.3 Å². The topological polar surface area (TPSA) is 38.0 Å². The first kappa shape index (κ1) is 9.66. The zero-order chi connectivity index (χ0) is 9.97. The molecule has 1 aliphatic rings. The number of benzene rings is 1. The summed E-state index contributed by atoms with van der Waals surface area (Å²) in [4.78, 5) is 0. The molecule has 3 heteroatoms. The predicted octanol–water partition coefficient (Wildman–Crippen LogP) is 3.13. The second-order valence-corrected chi connectivity index (χ2v) is 4.35. The van der Waals surface area contributed by atoms with Crippen molar-refractivity contribution >= 4 is 23.0 Å². The van der Waals surface area contributed by atoms with E-state index in [1.807, 2.05) is 18.2 Å². The first-order chi connectivity index (χ1) is 6.75. The molecule has 0 unspecified atom stereocenters. The van der Waals surface area contributed by atoms with Gasteiger partial charge in [0.05, 0.1) is 11.4 Å². The maximum Gasteiger partial charge on any atom is 0.0588 e. The van der Waals surface area contributed by atoms with Crippen molar-refractivity contribution in [1.29, 1.82) is 0 Å². The first-order valence-electron chi connectivity index (χ1n) is 5.04. The Kier molecular flexibility index (Phi) is 2.82. The van der Waals surface area contributed by atoms with E-state index in [0.29, 0.717) is 0 Å². The number of halogens is 1. The zero-order valence-electron chi connectivity index (χ0n) is 8.09. The monoisotopic (exact) mass is 210 g/mol. The van der Waals surface area contributed by atoms with Crippen LogP contribution in [0.1, 0.15) is 19.3 Å². The van der Waals surface area contributed by atoms with E-state index in [2.05, 4.69) is 5.32 Å². The van der Waals surface area contributed by atoms with Gasteiger partial charge in [-0.2, -0.15) is 0 Å². The maximum absolute atomic E-state index is 5.88. The Balaban J connectivity index is 1.96. The van der Waals surface area contributed by atoms with Crippen LogP contribution >= 0.6 is 11.6 Å². The largest absolute Gasteiger partial charge is 0.397 e. The third-order valence-corrected chi connectivity index (χ3v) is 3.06. The normalized spacial score (nSPS) is 16.4. The molecular formula is C11H15ClN2. The molecule has 0 radical (unpaired) electrons. The minimum atomic E-state index is 0.732. The fraction of sp³-hybridized carbons (Fsp3) is 0.455. The van der Waals surface area contributed by atoms with E-state index in [1.165, 1.54) is 19.3 Å². The fourth-order valence-electron chi connectivity index (χ4n) is 1.63. The van der Waals surface area contributed by atoms with Gasteiger partial charge in [-0.1, -0.05) is 18.0 Å². The molecule has 0 aromatic heterocycles. The average Bonchev–Trinajstić information content (AvgIpc) is 2.08. The average molecular weight is 211 g/mol. The molecule has 0 aliphatic heterocycles. The summed E-state index contributed by atoms with van der Waals surface area (Å²) in [5.74, 6) is 0.827. The van der Waals surface area contributed by atoms with Crippen molar-refractivity contribution in [2.45, 2.75) is 19.3 Å². The van der Waals surface area contributed by atoms with Gasteiger partial charge in [0.2, 0.25) is 0 Å². The van der Waals surface area contributed by atoms with Crippen LogP contribution in [0.3, 0.4) is 0 Å². The molecule has 3 N–H and O–H groups in total. The minimum absolute atomic E-state index is 0.732. The molecule has 2 nitrogen and oxygen atoms in total. The molecular weight excluding hydrogens is 196 g/mol. The van der Waals surface area contributed by atoms with E-state index in [0.717, 1.165) is 28.9 Å². The molecule has 0 spiro atoms. The highest BCUT2D eigenvalue weighted by molar-refractivity contribution is 6.31. The van der Waals surface area contributed by atoms with Crippen LogP contribution in [0.25, 0.3) is 0 Å². The lowest BCUT2D eigenvalue weighted by atomic mass is 9.85. The van der Waals surface area contributed by atoms with Crippen LogP contribution in [0.5, 0.6) is 0 Å². The predicted molar refractivity (Wildman–Crippen MR) is 61.7 cm³/mol. The SMILES string of the molecule is Nc1ccc(Cl)cc1NCC1CCC1. The summed E-state index contributed by atoms with van der Waals surface area (Å²) in [6, 6.07) is 5.53. The molecule has 1 aromatic carbocycles. The zero-order valence-corrected chi connectivity index (χ0v) is 8.85. The van der Waals surface area contributed by atoms with E-state index >= 15 is 0 Å². The van der Waals surface area contributed by atoms with Gasteiger partial charge >= 0.3 is 0 Å². The number of nitrogens with two attached hydrogens (primary N) is 1. The Hall–Kier alpha value is -0.890. The molecule has 14 heavy (non-hydrogen) atoms. The molecule has 0 saturated heterocycles. The van der Waals surface area contributed by atoms with Gasteiger partial charge < -0.3 is 11.1 Å². The van der Waals surface area contributed by atoms with Crippen molar-refractivity contribution in [3.05, 3.63) is 23.2 Å². The summed E-state index contributed by atoms with van der Waals surface area (Å²) in [5, 5.41) is 4.08. The maximum atomic E-state index is 5.88. The minimum Gasteiger partial charge on any atom is -0.397 e. The van der Waals surface area contributed by atoms with E-state index in [1.54, 1.807) is 0 Å². The van der Waals surface area contributed by atoms with Gasteiger partial charge in [0.1, 0.15) is 0 Å². The fourth-order valence-corrected chi connectivity index (χ4v) is 1.80. The Morgan fingerprint density at radius 3 is 2.86 bits per heavy atom. The Morgan fingerprint density at radius 2 is 2.21 bits per heavy atom. The molecule has 1 fully saturated rings. The lowest BCUT2D eigenvalue weighted by Gasteiger charge is -2.26. The third-order valence-electron chi connectivity index (χ3n) is 2.82. The van der Waals surface area contributed by atoms with Crippen LogP contribution < -0.4 is 11.1 Å². The highest BCUT2D eigenvalue weighted by Crippen LogP contribution is 2.28. The summed E-state index contributed by atoms with van der Waals surface area (Å²) in [5.41, 5.74) is 7.55. The van der Waals surface area contributed by atoms with Crippen molar-refractivity contribution in [2.75, 3.05) is 17.6 Å². The van der Waals surface area contributed by atoms with E-state index in [9.17, 15) is 0 Å². The summed E-state index contributed by atoms with van der Waals surface area (Å²) in [7, 11) is 0. The van der Waals surface area contributed by atoms with Gasteiger partial charge in [0.25, 0.3) is 0 Å². The standard InChI is InChI=1S/C11H15ClN2/c12-9-4-5-10(13)11(6-9)14-7-8-2-1-3-8/h4-6,8,14H,1-3,7,13H2. The molecule has 0 bridgehead atoms. The molecule has 2 rings (SSSR count). The molecule has 1 aliphatic carbocycles. The third kappa shape index (κ3) is 2.13. The molecule has 1 saturated carbocycles.